The van der Waals surface area contributed by atoms with Crippen LogP contribution >= 0.6 is 15.9 Å². The number of rotatable bonds is 4. The fraction of sp³-hybridized carbons (Fsp3) is 0.200. The SMILES string of the molecule is CNC(Cc1cc(F)cc(F)c1)c1ccc(F)cc1Br. The van der Waals surface area contributed by atoms with Crippen LogP contribution in [0.25, 0.3) is 0 Å². The molecule has 2 rings (SSSR count). The summed E-state index contributed by atoms with van der Waals surface area (Å²) >= 11 is 3.30. The van der Waals surface area contributed by atoms with E-state index in [9.17, 15) is 13.2 Å². The lowest BCUT2D eigenvalue weighted by molar-refractivity contribution is 0.559. The maximum atomic E-state index is 13.2. The molecule has 0 aromatic heterocycles. The first-order valence-electron chi connectivity index (χ1n) is 6.07. The van der Waals surface area contributed by atoms with Gasteiger partial charge in [-0.3, -0.25) is 0 Å². The summed E-state index contributed by atoms with van der Waals surface area (Å²) in [6.45, 7) is 0. The Bertz CT molecular complexity index is 596. The van der Waals surface area contributed by atoms with Crippen LogP contribution in [0.4, 0.5) is 13.2 Å². The first kappa shape index (κ1) is 15.1. The van der Waals surface area contributed by atoms with E-state index in [0.717, 1.165) is 11.6 Å². The molecular formula is C15H13BrF3N. The highest BCUT2D eigenvalue weighted by Gasteiger charge is 2.15. The van der Waals surface area contributed by atoms with E-state index in [1.165, 1.54) is 24.3 Å². The molecule has 1 nitrogen and oxygen atoms in total. The van der Waals surface area contributed by atoms with Crippen LogP contribution in [0.3, 0.4) is 0 Å². The molecule has 0 aliphatic heterocycles. The number of likely N-dealkylation sites (N-methyl/N-ethyl adjacent to an activating group) is 1. The van der Waals surface area contributed by atoms with Crippen LogP contribution in [0.1, 0.15) is 17.2 Å². The van der Waals surface area contributed by atoms with Gasteiger partial charge in [0.2, 0.25) is 0 Å². The van der Waals surface area contributed by atoms with Crippen LogP contribution in [0.2, 0.25) is 0 Å². The molecule has 0 heterocycles. The molecule has 5 heteroatoms. The summed E-state index contributed by atoms with van der Waals surface area (Å²) in [7, 11) is 1.75. The van der Waals surface area contributed by atoms with E-state index in [2.05, 4.69) is 21.2 Å². The summed E-state index contributed by atoms with van der Waals surface area (Å²) < 4.78 is 40.1. The van der Waals surface area contributed by atoms with E-state index >= 15 is 0 Å². The highest BCUT2D eigenvalue weighted by molar-refractivity contribution is 9.10. The molecule has 106 valence electrons. The molecule has 0 saturated heterocycles. The third kappa shape index (κ3) is 3.61. The summed E-state index contributed by atoms with van der Waals surface area (Å²) in [5.41, 5.74) is 1.37. The van der Waals surface area contributed by atoms with E-state index in [4.69, 9.17) is 0 Å². The van der Waals surface area contributed by atoms with Crippen molar-refractivity contribution in [1.29, 1.82) is 0 Å². The Morgan fingerprint density at radius 3 is 2.20 bits per heavy atom. The Hall–Kier alpha value is -1.33. The fourth-order valence-corrected chi connectivity index (χ4v) is 2.74. The average molecular weight is 344 g/mol. The fourth-order valence-electron chi connectivity index (χ4n) is 2.12. The predicted molar refractivity (Wildman–Crippen MR) is 76.0 cm³/mol. The van der Waals surface area contributed by atoms with Crippen molar-refractivity contribution in [3.05, 3.63) is 69.4 Å². The number of hydrogen-bond donors (Lipinski definition) is 1. The van der Waals surface area contributed by atoms with Gasteiger partial charge in [-0.05, 0) is 48.9 Å². The van der Waals surface area contributed by atoms with Gasteiger partial charge in [0.05, 0.1) is 0 Å². The van der Waals surface area contributed by atoms with Crippen molar-refractivity contribution in [1.82, 2.24) is 5.32 Å². The molecule has 1 atom stereocenters. The summed E-state index contributed by atoms with van der Waals surface area (Å²) in [5.74, 6) is -1.55. The van der Waals surface area contributed by atoms with Crippen molar-refractivity contribution < 1.29 is 13.2 Å². The molecule has 0 spiro atoms. The molecule has 0 aliphatic rings. The predicted octanol–water partition coefficient (Wildman–Crippen LogP) is 4.37. The van der Waals surface area contributed by atoms with E-state index in [-0.39, 0.29) is 11.9 Å². The maximum Gasteiger partial charge on any atom is 0.126 e. The van der Waals surface area contributed by atoms with Crippen LogP contribution in [-0.4, -0.2) is 7.05 Å². The second kappa shape index (κ2) is 6.41. The largest absolute Gasteiger partial charge is 0.313 e. The first-order chi connectivity index (χ1) is 9.49. The normalized spacial score (nSPS) is 12.4. The van der Waals surface area contributed by atoms with Gasteiger partial charge in [-0.15, -0.1) is 0 Å². The molecule has 0 fully saturated rings. The third-order valence-corrected chi connectivity index (χ3v) is 3.74. The van der Waals surface area contributed by atoms with Crippen LogP contribution < -0.4 is 5.32 Å². The third-order valence-electron chi connectivity index (χ3n) is 3.05. The lowest BCUT2D eigenvalue weighted by Crippen LogP contribution is -2.19. The molecule has 20 heavy (non-hydrogen) atoms. The number of halogens is 4. The number of hydrogen-bond acceptors (Lipinski definition) is 1. The second-order valence-corrected chi connectivity index (χ2v) is 5.34. The highest BCUT2D eigenvalue weighted by atomic mass is 79.9. The topological polar surface area (TPSA) is 12.0 Å². The molecule has 0 radical (unpaired) electrons. The van der Waals surface area contributed by atoms with Crippen LogP contribution in [0, 0.1) is 17.5 Å². The molecule has 2 aromatic carbocycles. The van der Waals surface area contributed by atoms with Crippen LogP contribution in [0.5, 0.6) is 0 Å². The van der Waals surface area contributed by atoms with Crippen molar-refractivity contribution in [2.45, 2.75) is 12.5 Å². The second-order valence-electron chi connectivity index (χ2n) is 4.49. The lowest BCUT2D eigenvalue weighted by atomic mass is 9.99. The van der Waals surface area contributed by atoms with Gasteiger partial charge in [-0.2, -0.15) is 0 Å². The van der Waals surface area contributed by atoms with Gasteiger partial charge < -0.3 is 5.32 Å². The Balaban J connectivity index is 2.28. The molecule has 1 N–H and O–H groups in total. The van der Waals surface area contributed by atoms with E-state index in [0.29, 0.717) is 16.5 Å². The molecule has 0 bridgehead atoms. The molecular weight excluding hydrogens is 331 g/mol. The Kier molecular flexibility index (Phi) is 4.83. The minimum absolute atomic E-state index is 0.175. The molecule has 0 amide bonds. The summed E-state index contributed by atoms with van der Waals surface area (Å²) in [6, 6.07) is 7.63. The molecule has 0 aliphatic carbocycles. The standard InChI is InChI=1S/C15H13BrF3N/c1-20-15(13-3-2-10(17)8-14(13)16)6-9-4-11(18)7-12(19)5-9/h2-5,7-8,15,20H,6H2,1H3. The van der Waals surface area contributed by atoms with Gasteiger partial charge in [-0.25, -0.2) is 13.2 Å². The van der Waals surface area contributed by atoms with Gasteiger partial charge in [0, 0.05) is 16.6 Å². The smallest absolute Gasteiger partial charge is 0.126 e. The zero-order valence-electron chi connectivity index (χ0n) is 10.8. The first-order valence-corrected chi connectivity index (χ1v) is 6.86. The van der Waals surface area contributed by atoms with Gasteiger partial charge in [0.1, 0.15) is 17.5 Å². The van der Waals surface area contributed by atoms with Gasteiger partial charge in [0.15, 0.2) is 0 Å². The van der Waals surface area contributed by atoms with Gasteiger partial charge >= 0.3 is 0 Å². The minimum Gasteiger partial charge on any atom is -0.313 e. The van der Waals surface area contributed by atoms with E-state index in [1.54, 1.807) is 13.1 Å². The highest BCUT2D eigenvalue weighted by Crippen LogP contribution is 2.27. The average Bonchev–Trinajstić information content (AvgIpc) is 2.35. The summed E-state index contributed by atoms with van der Waals surface area (Å²) in [5, 5.41) is 3.07. The van der Waals surface area contributed by atoms with E-state index < -0.39 is 11.6 Å². The van der Waals surface area contributed by atoms with Crippen molar-refractivity contribution in [3.8, 4) is 0 Å². The van der Waals surface area contributed by atoms with Crippen LogP contribution in [0.15, 0.2) is 40.9 Å². The minimum atomic E-state index is -0.604. The Morgan fingerprint density at radius 2 is 1.65 bits per heavy atom. The number of benzene rings is 2. The quantitative estimate of drug-likeness (QED) is 0.869. The summed E-state index contributed by atoms with van der Waals surface area (Å²) in [4.78, 5) is 0. The Labute approximate surface area is 123 Å². The lowest BCUT2D eigenvalue weighted by Gasteiger charge is -2.18. The van der Waals surface area contributed by atoms with Crippen molar-refractivity contribution in [2.24, 2.45) is 0 Å². The monoisotopic (exact) mass is 343 g/mol. The zero-order chi connectivity index (χ0) is 14.7. The van der Waals surface area contributed by atoms with Crippen molar-refractivity contribution in [3.63, 3.8) is 0 Å². The van der Waals surface area contributed by atoms with Crippen LogP contribution in [-0.2, 0) is 6.42 Å². The molecule has 0 saturated carbocycles. The maximum absolute atomic E-state index is 13.2. The van der Waals surface area contributed by atoms with E-state index in [1.807, 2.05) is 0 Å². The van der Waals surface area contributed by atoms with Crippen molar-refractivity contribution >= 4 is 15.9 Å². The number of nitrogens with one attached hydrogen (secondary N) is 1. The van der Waals surface area contributed by atoms with Crippen molar-refractivity contribution in [2.75, 3.05) is 7.05 Å². The Morgan fingerprint density at radius 1 is 1.00 bits per heavy atom. The van der Waals surface area contributed by atoms with Gasteiger partial charge in [0.25, 0.3) is 0 Å². The van der Waals surface area contributed by atoms with Gasteiger partial charge in [-0.1, -0.05) is 22.0 Å². The molecule has 1 unspecified atom stereocenters. The summed E-state index contributed by atoms with van der Waals surface area (Å²) in [6.07, 6.45) is 0.398. The zero-order valence-corrected chi connectivity index (χ0v) is 12.3. The molecule has 2 aromatic rings.